The number of benzene rings is 4. The summed E-state index contributed by atoms with van der Waals surface area (Å²) in [6.45, 7) is 6.24. The van der Waals surface area contributed by atoms with E-state index in [-0.39, 0.29) is 5.60 Å². The Balaban J connectivity index is 2.13. The van der Waals surface area contributed by atoms with Gasteiger partial charge in [0, 0.05) is 0 Å². The van der Waals surface area contributed by atoms with Crippen molar-refractivity contribution in [3.8, 4) is 5.75 Å². The first-order chi connectivity index (χ1) is 11.0. The molecule has 0 atom stereocenters. The number of hydrogen-bond donors (Lipinski definition) is 0. The Morgan fingerprint density at radius 3 is 1.48 bits per heavy atom. The van der Waals surface area contributed by atoms with Crippen LogP contribution >= 0.6 is 0 Å². The first kappa shape index (κ1) is 14.1. The van der Waals surface area contributed by atoms with E-state index in [1.54, 1.807) is 0 Å². The second-order valence-electron chi connectivity index (χ2n) is 7.01. The molecule has 0 amide bonds. The largest absolute Gasteiger partial charge is 0.488 e. The molecule has 0 saturated heterocycles. The molecule has 0 aliphatic carbocycles. The van der Waals surface area contributed by atoms with Gasteiger partial charge in [-0.15, -0.1) is 0 Å². The molecule has 0 fully saturated rings. The van der Waals surface area contributed by atoms with Crippen molar-refractivity contribution in [3.63, 3.8) is 0 Å². The molecule has 114 valence electrons. The van der Waals surface area contributed by atoms with E-state index < -0.39 is 0 Å². The average Bonchev–Trinajstić information content (AvgIpc) is 2.53. The van der Waals surface area contributed by atoms with Crippen molar-refractivity contribution in [1.82, 2.24) is 0 Å². The quantitative estimate of drug-likeness (QED) is 0.373. The van der Waals surface area contributed by atoms with E-state index in [1.807, 2.05) is 0 Å². The zero-order valence-corrected chi connectivity index (χ0v) is 13.8. The molecule has 0 bridgehead atoms. The van der Waals surface area contributed by atoms with Gasteiger partial charge in [-0.3, -0.25) is 0 Å². The normalized spacial score (nSPS) is 12.1. The lowest BCUT2D eigenvalue weighted by molar-refractivity contribution is 0.131. The van der Waals surface area contributed by atoms with Gasteiger partial charge in [0.2, 0.25) is 0 Å². The van der Waals surface area contributed by atoms with Gasteiger partial charge in [0.1, 0.15) is 11.4 Å². The van der Waals surface area contributed by atoms with Crippen molar-refractivity contribution in [3.05, 3.63) is 66.7 Å². The minimum atomic E-state index is -0.194. The van der Waals surface area contributed by atoms with Crippen LogP contribution in [-0.2, 0) is 0 Å². The number of ether oxygens (including phenoxy) is 1. The van der Waals surface area contributed by atoms with Gasteiger partial charge in [0.25, 0.3) is 0 Å². The second kappa shape index (κ2) is 4.99. The first-order valence-electron chi connectivity index (χ1n) is 8.05. The smallest absolute Gasteiger partial charge is 0.120 e. The van der Waals surface area contributed by atoms with Crippen LogP contribution in [0, 0.1) is 0 Å². The molecule has 0 aromatic heterocycles. The van der Waals surface area contributed by atoms with Gasteiger partial charge in [0.05, 0.1) is 0 Å². The monoisotopic (exact) mass is 300 g/mol. The van der Waals surface area contributed by atoms with Crippen LogP contribution in [0.15, 0.2) is 66.7 Å². The van der Waals surface area contributed by atoms with E-state index in [0.717, 1.165) is 5.75 Å². The predicted octanol–water partition coefficient (Wildman–Crippen LogP) is 6.32. The van der Waals surface area contributed by atoms with Crippen LogP contribution in [0.1, 0.15) is 20.8 Å². The highest BCUT2D eigenvalue weighted by Gasteiger charge is 2.13. The maximum Gasteiger partial charge on any atom is 0.120 e. The Labute approximate surface area is 136 Å². The van der Waals surface area contributed by atoms with Crippen LogP contribution in [0.2, 0.25) is 0 Å². The minimum Gasteiger partial charge on any atom is -0.488 e. The summed E-state index contributed by atoms with van der Waals surface area (Å²) in [4.78, 5) is 0. The molecule has 4 aromatic carbocycles. The Kier molecular flexibility index (Phi) is 3.05. The maximum absolute atomic E-state index is 6.07. The summed E-state index contributed by atoms with van der Waals surface area (Å²) in [5.74, 6) is 0.922. The molecule has 0 heterocycles. The van der Waals surface area contributed by atoms with Crippen LogP contribution < -0.4 is 4.74 Å². The summed E-state index contributed by atoms with van der Waals surface area (Å²) in [6, 6.07) is 23.7. The molecule has 23 heavy (non-hydrogen) atoms. The van der Waals surface area contributed by atoms with Gasteiger partial charge < -0.3 is 4.74 Å². The molecule has 4 rings (SSSR count). The summed E-state index contributed by atoms with van der Waals surface area (Å²) in [6.07, 6.45) is 0. The van der Waals surface area contributed by atoms with Crippen molar-refractivity contribution < 1.29 is 4.74 Å². The number of fused-ring (bicyclic) bond motifs is 6. The molecule has 0 spiro atoms. The summed E-state index contributed by atoms with van der Waals surface area (Å²) < 4.78 is 6.07. The molecule has 0 N–H and O–H groups in total. The van der Waals surface area contributed by atoms with Gasteiger partial charge in [-0.05, 0) is 65.2 Å². The first-order valence-corrected chi connectivity index (χ1v) is 8.05. The fourth-order valence-electron chi connectivity index (χ4n) is 3.30. The van der Waals surface area contributed by atoms with E-state index in [1.165, 1.54) is 32.3 Å². The van der Waals surface area contributed by atoms with Crippen molar-refractivity contribution in [2.45, 2.75) is 26.4 Å². The highest BCUT2D eigenvalue weighted by Crippen LogP contribution is 2.36. The lowest BCUT2D eigenvalue weighted by Crippen LogP contribution is -2.22. The Morgan fingerprint density at radius 2 is 1.00 bits per heavy atom. The highest BCUT2D eigenvalue weighted by atomic mass is 16.5. The van der Waals surface area contributed by atoms with Gasteiger partial charge in [-0.1, -0.05) is 54.6 Å². The summed E-state index contributed by atoms with van der Waals surface area (Å²) in [7, 11) is 0. The van der Waals surface area contributed by atoms with Crippen LogP contribution in [-0.4, -0.2) is 5.60 Å². The molecular formula is C22H20O. The van der Waals surface area contributed by atoms with Crippen LogP contribution in [0.3, 0.4) is 0 Å². The standard InChI is InChI=1S/C22H20O/c1-22(2,3)23-15-12-13-20-18-10-5-4-8-16(18)17-9-6-7-11-19(17)21(20)14-15/h4-14H,1-3H3. The third-order valence-electron chi connectivity index (χ3n) is 4.14. The predicted molar refractivity (Wildman–Crippen MR) is 99.3 cm³/mol. The fourth-order valence-corrected chi connectivity index (χ4v) is 3.30. The summed E-state index contributed by atoms with van der Waals surface area (Å²) >= 11 is 0. The summed E-state index contributed by atoms with van der Waals surface area (Å²) in [5, 5.41) is 7.70. The van der Waals surface area contributed by atoms with Crippen LogP contribution in [0.4, 0.5) is 0 Å². The lowest BCUT2D eigenvalue weighted by atomic mass is 9.94. The molecule has 0 saturated carbocycles. The van der Waals surface area contributed by atoms with Gasteiger partial charge in [0.15, 0.2) is 0 Å². The van der Waals surface area contributed by atoms with Crippen molar-refractivity contribution in [2.75, 3.05) is 0 Å². The molecular weight excluding hydrogens is 280 g/mol. The number of hydrogen-bond acceptors (Lipinski definition) is 1. The third kappa shape index (κ3) is 2.43. The maximum atomic E-state index is 6.07. The molecule has 4 aromatic rings. The molecule has 0 aliphatic heterocycles. The van der Waals surface area contributed by atoms with E-state index in [9.17, 15) is 0 Å². The van der Waals surface area contributed by atoms with Gasteiger partial charge >= 0.3 is 0 Å². The van der Waals surface area contributed by atoms with Gasteiger partial charge in [-0.25, -0.2) is 0 Å². The fraction of sp³-hybridized carbons (Fsp3) is 0.182. The average molecular weight is 300 g/mol. The molecule has 0 aliphatic rings. The van der Waals surface area contributed by atoms with E-state index in [2.05, 4.69) is 87.5 Å². The van der Waals surface area contributed by atoms with Crippen LogP contribution in [0.5, 0.6) is 5.75 Å². The second-order valence-corrected chi connectivity index (χ2v) is 7.01. The molecule has 1 nitrogen and oxygen atoms in total. The van der Waals surface area contributed by atoms with Crippen molar-refractivity contribution >= 4 is 32.3 Å². The Bertz CT molecular complexity index is 987. The van der Waals surface area contributed by atoms with Crippen LogP contribution in [0.25, 0.3) is 32.3 Å². The van der Waals surface area contributed by atoms with Crippen molar-refractivity contribution in [1.29, 1.82) is 0 Å². The third-order valence-corrected chi connectivity index (χ3v) is 4.14. The molecule has 0 unspecified atom stereocenters. The molecule has 0 radical (unpaired) electrons. The lowest BCUT2D eigenvalue weighted by Gasteiger charge is -2.22. The minimum absolute atomic E-state index is 0.194. The zero-order valence-electron chi connectivity index (χ0n) is 13.8. The zero-order chi connectivity index (χ0) is 16.0. The Hall–Kier alpha value is -2.54. The topological polar surface area (TPSA) is 9.23 Å². The van der Waals surface area contributed by atoms with Crippen molar-refractivity contribution in [2.24, 2.45) is 0 Å². The summed E-state index contributed by atoms with van der Waals surface area (Å²) in [5.41, 5.74) is -0.194. The molecule has 1 heteroatoms. The van der Waals surface area contributed by atoms with E-state index in [0.29, 0.717) is 0 Å². The number of rotatable bonds is 1. The van der Waals surface area contributed by atoms with E-state index >= 15 is 0 Å². The van der Waals surface area contributed by atoms with E-state index in [4.69, 9.17) is 4.74 Å². The Morgan fingerprint density at radius 1 is 0.565 bits per heavy atom. The highest BCUT2D eigenvalue weighted by molar-refractivity contribution is 6.25. The van der Waals surface area contributed by atoms with Gasteiger partial charge in [-0.2, -0.15) is 0 Å². The SMILES string of the molecule is CC(C)(C)Oc1ccc2c3ccccc3c3ccccc3c2c1.